The van der Waals surface area contributed by atoms with E-state index >= 15 is 0 Å². The van der Waals surface area contributed by atoms with Crippen LogP contribution in [0.15, 0.2) is 30.5 Å². The first-order chi connectivity index (χ1) is 7.25. The molecule has 0 atom stereocenters. The third-order valence-corrected chi connectivity index (χ3v) is 1.99. The number of benzene rings is 1. The molecule has 0 radical (unpaired) electrons. The zero-order chi connectivity index (χ0) is 11.3. The molecule has 15 heavy (non-hydrogen) atoms. The molecule has 1 aromatic heterocycles. The van der Waals surface area contributed by atoms with Gasteiger partial charge in [0.25, 0.3) is 0 Å². The predicted octanol–water partition coefficient (Wildman–Crippen LogP) is 3.72. The fraction of sp³-hybridized carbons (Fsp3) is 0.308. The molecule has 0 bridgehead atoms. The SMILES string of the molecule is CC.Cc1cccc(-c2ncc(C)[nH]2)c1. The van der Waals surface area contributed by atoms with Gasteiger partial charge < -0.3 is 4.98 Å². The third-order valence-electron chi connectivity index (χ3n) is 1.99. The normalized spacial score (nSPS) is 9.33. The summed E-state index contributed by atoms with van der Waals surface area (Å²) in [6, 6.07) is 8.31. The van der Waals surface area contributed by atoms with Gasteiger partial charge in [0.05, 0.1) is 0 Å². The van der Waals surface area contributed by atoms with Crippen molar-refractivity contribution in [3.8, 4) is 11.4 Å². The minimum atomic E-state index is 0.946. The number of aromatic nitrogens is 2. The monoisotopic (exact) mass is 202 g/mol. The molecule has 0 unspecified atom stereocenters. The summed E-state index contributed by atoms with van der Waals surface area (Å²) in [5.74, 6) is 0.946. The van der Waals surface area contributed by atoms with Gasteiger partial charge in [-0.05, 0) is 19.9 Å². The van der Waals surface area contributed by atoms with E-state index in [2.05, 4.69) is 35.1 Å². The Hall–Kier alpha value is -1.57. The number of nitrogens with zero attached hydrogens (tertiary/aromatic N) is 1. The summed E-state index contributed by atoms with van der Waals surface area (Å²) >= 11 is 0. The molecule has 80 valence electrons. The van der Waals surface area contributed by atoms with Gasteiger partial charge >= 0.3 is 0 Å². The van der Waals surface area contributed by atoms with Gasteiger partial charge in [0.15, 0.2) is 0 Å². The molecule has 0 aliphatic carbocycles. The highest BCUT2D eigenvalue weighted by Gasteiger charge is 2.00. The number of H-pyrrole nitrogens is 1. The van der Waals surface area contributed by atoms with Gasteiger partial charge in [0.1, 0.15) is 5.82 Å². The highest BCUT2D eigenvalue weighted by molar-refractivity contribution is 5.56. The highest BCUT2D eigenvalue weighted by Crippen LogP contribution is 2.16. The zero-order valence-corrected chi connectivity index (χ0v) is 9.83. The molecule has 0 aliphatic heterocycles. The van der Waals surface area contributed by atoms with Gasteiger partial charge in [-0.15, -0.1) is 0 Å². The topological polar surface area (TPSA) is 28.7 Å². The Morgan fingerprint density at radius 2 is 1.87 bits per heavy atom. The van der Waals surface area contributed by atoms with Crippen LogP contribution in [0, 0.1) is 13.8 Å². The van der Waals surface area contributed by atoms with Gasteiger partial charge in [-0.3, -0.25) is 0 Å². The standard InChI is InChI=1S/C11H12N2.C2H6/c1-8-4-3-5-10(6-8)11-12-7-9(2)13-11;1-2/h3-7H,1-2H3,(H,12,13);1-2H3. The second-order valence-corrected chi connectivity index (χ2v) is 3.28. The van der Waals surface area contributed by atoms with Crippen molar-refractivity contribution in [2.24, 2.45) is 0 Å². The number of nitrogens with one attached hydrogen (secondary N) is 1. The van der Waals surface area contributed by atoms with Crippen LogP contribution in [0.2, 0.25) is 0 Å². The summed E-state index contributed by atoms with van der Waals surface area (Å²) in [6.45, 7) is 8.09. The van der Waals surface area contributed by atoms with Crippen molar-refractivity contribution in [3.05, 3.63) is 41.7 Å². The average Bonchev–Trinajstić information content (AvgIpc) is 2.68. The van der Waals surface area contributed by atoms with Gasteiger partial charge in [-0.1, -0.05) is 37.6 Å². The van der Waals surface area contributed by atoms with Crippen molar-refractivity contribution < 1.29 is 0 Å². The summed E-state index contributed by atoms with van der Waals surface area (Å²) in [4.78, 5) is 7.48. The van der Waals surface area contributed by atoms with E-state index in [-0.39, 0.29) is 0 Å². The molecular weight excluding hydrogens is 184 g/mol. The summed E-state index contributed by atoms with van der Waals surface area (Å²) in [6.07, 6.45) is 1.84. The van der Waals surface area contributed by atoms with E-state index in [4.69, 9.17) is 0 Å². The largest absolute Gasteiger partial charge is 0.342 e. The Labute approximate surface area is 91.4 Å². The molecule has 0 saturated carbocycles. The highest BCUT2D eigenvalue weighted by atomic mass is 14.9. The maximum Gasteiger partial charge on any atom is 0.137 e. The summed E-state index contributed by atoms with van der Waals surface area (Å²) < 4.78 is 0. The molecule has 1 heterocycles. The van der Waals surface area contributed by atoms with E-state index in [1.165, 1.54) is 5.56 Å². The minimum Gasteiger partial charge on any atom is -0.342 e. The maximum absolute atomic E-state index is 4.27. The number of imidazole rings is 1. The molecule has 0 spiro atoms. The average molecular weight is 202 g/mol. The van der Waals surface area contributed by atoms with Crippen LogP contribution in [-0.2, 0) is 0 Å². The number of rotatable bonds is 1. The molecule has 1 N–H and O–H groups in total. The molecule has 0 amide bonds. The fourth-order valence-electron chi connectivity index (χ4n) is 1.35. The lowest BCUT2D eigenvalue weighted by Crippen LogP contribution is -1.81. The molecule has 2 nitrogen and oxygen atoms in total. The van der Waals surface area contributed by atoms with Crippen LogP contribution in [-0.4, -0.2) is 9.97 Å². The van der Waals surface area contributed by atoms with E-state index in [0.717, 1.165) is 17.1 Å². The van der Waals surface area contributed by atoms with Crippen molar-refractivity contribution >= 4 is 0 Å². The van der Waals surface area contributed by atoms with Crippen LogP contribution in [0.3, 0.4) is 0 Å². The van der Waals surface area contributed by atoms with Crippen LogP contribution in [0.4, 0.5) is 0 Å². The molecule has 1 aromatic carbocycles. The van der Waals surface area contributed by atoms with E-state index in [1.54, 1.807) is 0 Å². The predicted molar refractivity (Wildman–Crippen MR) is 64.8 cm³/mol. The number of aromatic amines is 1. The lowest BCUT2D eigenvalue weighted by atomic mass is 10.1. The van der Waals surface area contributed by atoms with Gasteiger partial charge in [0.2, 0.25) is 0 Å². The Bertz CT molecular complexity index is 416. The molecule has 0 aliphatic rings. The van der Waals surface area contributed by atoms with Crippen LogP contribution in [0.5, 0.6) is 0 Å². The second-order valence-electron chi connectivity index (χ2n) is 3.28. The third kappa shape index (κ3) is 2.94. The van der Waals surface area contributed by atoms with E-state index < -0.39 is 0 Å². The molecule has 2 rings (SSSR count). The zero-order valence-electron chi connectivity index (χ0n) is 9.83. The lowest BCUT2D eigenvalue weighted by molar-refractivity contribution is 1.25. The van der Waals surface area contributed by atoms with Crippen LogP contribution in [0.1, 0.15) is 25.1 Å². The first-order valence-electron chi connectivity index (χ1n) is 5.34. The summed E-state index contributed by atoms with van der Waals surface area (Å²) in [7, 11) is 0. The first-order valence-corrected chi connectivity index (χ1v) is 5.34. The minimum absolute atomic E-state index is 0.946. The van der Waals surface area contributed by atoms with Crippen LogP contribution in [0.25, 0.3) is 11.4 Å². The van der Waals surface area contributed by atoms with Gasteiger partial charge in [-0.2, -0.15) is 0 Å². The van der Waals surface area contributed by atoms with Crippen LogP contribution >= 0.6 is 0 Å². The molecule has 2 aromatic rings. The maximum atomic E-state index is 4.27. The Morgan fingerprint density at radius 3 is 2.40 bits per heavy atom. The van der Waals surface area contributed by atoms with Crippen molar-refractivity contribution in [1.82, 2.24) is 9.97 Å². The summed E-state index contributed by atoms with van der Waals surface area (Å²) in [5.41, 5.74) is 3.50. The summed E-state index contributed by atoms with van der Waals surface area (Å²) in [5, 5.41) is 0. The van der Waals surface area contributed by atoms with Crippen LogP contribution < -0.4 is 0 Å². The first kappa shape index (κ1) is 11.5. The Kier molecular flexibility index (Phi) is 4.10. The van der Waals surface area contributed by atoms with Crippen molar-refractivity contribution in [2.45, 2.75) is 27.7 Å². The number of hydrogen-bond donors (Lipinski definition) is 1. The van der Waals surface area contributed by atoms with E-state index in [1.807, 2.05) is 33.0 Å². The number of aryl methyl sites for hydroxylation is 2. The number of hydrogen-bond acceptors (Lipinski definition) is 1. The van der Waals surface area contributed by atoms with Gasteiger partial charge in [-0.25, -0.2) is 4.98 Å². The van der Waals surface area contributed by atoms with E-state index in [0.29, 0.717) is 0 Å². The lowest BCUT2D eigenvalue weighted by Gasteiger charge is -1.97. The second kappa shape index (κ2) is 5.35. The van der Waals surface area contributed by atoms with E-state index in [9.17, 15) is 0 Å². The fourth-order valence-corrected chi connectivity index (χ4v) is 1.35. The quantitative estimate of drug-likeness (QED) is 0.750. The Morgan fingerprint density at radius 1 is 1.13 bits per heavy atom. The Balaban J connectivity index is 0.000000531. The molecule has 0 fully saturated rings. The van der Waals surface area contributed by atoms with Crippen molar-refractivity contribution in [2.75, 3.05) is 0 Å². The molecule has 2 heteroatoms. The molecular formula is C13H18N2. The smallest absolute Gasteiger partial charge is 0.137 e. The van der Waals surface area contributed by atoms with Gasteiger partial charge in [0, 0.05) is 17.5 Å². The molecule has 0 saturated heterocycles. The van der Waals surface area contributed by atoms with Crippen molar-refractivity contribution in [3.63, 3.8) is 0 Å². The van der Waals surface area contributed by atoms with Crippen molar-refractivity contribution in [1.29, 1.82) is 0 Å².